The van der Waals surface area contributed by atoms with Crippen LogP contribution in [0.3, 0.4) is 0 Å². The van der Waals surface area contributed by atoms with Gasteiger partial charge >= 0.3 is 6.18 Å². The number of likely N-dealkylation sites (N-methyl/N-ethyl adjacent to an activating group) is 1. The molecule has 1 aliphatic heterocycles. The number of halogens is 4. The minimum Gasteiger partial charge on any atom is -0.314 e. The first-order chi connectivity index (χ1) is 5.02. The number of nitrogens with zero attached hydrogens (tertiary/aromatic N) is 1. The molecular weight excluding hydrogens is 193 g/mol. The quantitative estimate of drug-likeness (QED) is 0.630. The molecule has 0 aromatic heterocycles. The Kier molecular flexibility index (Phi) is 4.30. The predicted molar refractivity (Wildman–Crippen MR) is 42.6 cm³/mol. The highest BCUT2D eigenvalue weighted by atomic mass is 35.5. The highest BCUT2D eigenvalue weighted by Gasteiger charge is 2.42. The monoisotopic (exact) mass is 204 g/mol. The summed E-state index contributed by atoms with van der Waals surface area (Å²) in [5.74, 6) is 0. The lowest BCUT2D eigenvalue weighted by Crippen LogP contribution is -2.56. The third-order valence-electron chi connectivity index (χ3n) is 1.89. The average Bonchev–Trinajstić information content (AvgIpc) is 1.86. The molecule has 0 spiro atoms. The van der Waals surface area contributed by atoms with Crippen LogP contribution in [-0.2, 0) is 0 Å². The van der Waals surface area contributed by atoms with E-state index in [9.17, 15) is 13.2 Å². The van der Waals surface area contributed by atoms with Crippen LogP contribution in [0.2, 0.25) is 0 Å². The van der Waals surface area contributed by atoms with Crippen molar-refractivity contribution in [1.29, 1.82) is 0 Å². The lowest BCUT2D eigenvalue weighted by Gasteiger charge is -2.34. The molecule has 0 aromatic rings. The molecule has 74 valence electrons. The Morgan fingerprint density at radius 1 is 1.42 bits per heavy atom. The fourth-order valence-corrected chi connectivity index (χ4v) is 1.17. The van der Waals surface area contributed by atoms with Gasteiger partial charge in [-0.25, -0.2) is 0 Å². The molecule has 1 unspecified atom stereocenters. The number of nitrogens with one attached hydrogen (secondary N) is 1. The maximum Gasteiger partial charge on any atom is 0.405 e. The Morgan fingerprint density at radius 3 is 2.33 bits per heavy atom. The largest absolute Gasteiger partial charge is 0.405 e. The number of alkyl halides is 3. The van der Waals surface area contributed by atoms with E-state index in [0.29, 0.717) is 13.1 Å². The van der Waals surface area contributed by atoms with Gasteiger partial charge in [0, 0.05) is 19.6 Å². The summed E-state index contributed by atoms with van der Waals surface area (Å²) in [5.41, 5.74) is 0. The van der Waals surface area contributed by atoms with Crippen molar-refractivity contribution in [1.82, 2.24) is 10.2 Å². The number of rotatable bonds is 0. The molecule has 0 amide bonds. The van der Waals surface area contributed by atoms with Crippen LogP contribution in [0.5, 0.6) is 0 Å². The molecular formula is C6H12ClF3N2. The SMILES string of the molecule is CN1CCNCC1C(F)(F)F.Cl. The highest BCUT2D eigenvalue weighted by molar-refractivity contribution is 5.85. The first-order valence-corrected chi connectivity index (χ1v) is 3.49. The van der Waals surface area contributed by atoms with Crippen LogP contribution in [0.15, 0.2) is 0 Å². The smallest absolute Gasteiger partial charge is 0.314 e. The topological polar surface area (TPSA) is 15.3 Å². The zero-order chi connectivity index (χ0) is 8.48. The van der Waals surface area contributed by atoms with Crippen molar-refractivity contribution in [3.63, 3.8) is 0 Å². The van der Waals surface area contributed by atoms with E-state index in [2.05, 4.69) is 5.32 Å². The third-order valence-corrected chi connectivity index (χ3v) is 1.89. The van der Waals surface area contributed by atoms with Crippen LogP contribution in [0.4, 0.5) is 13.2 Å². The van der Waals surface area contributed by atoms with Crippen LogP contribution in [0.1, 0.15) is 0 Å². The van der Waals surface area contributed by atoms with Gasteiger partial charge in [-0.05, 0) is 7.05 Å². The van der Waals surface area contributed by atoms with E-state index in [0.717, 1.165) is 0 Å². The molecule has 2 nitrogen and oxygen atoms in total. The van der Waals surface area contributed by atoms with Crippen molar-refractivity contribution in [2.45, 2.75) is 12.2 Å². The van der Waals surface area contributed by atoms with E-state index in [1.165, 1.54) is 11.9 Å². The molecule has 0 aromatic carbocycles. The molecule has 0 saturated carbocycles. The minimum absolute atomic E-state index is 0. The van der Waals surface area contributed by atoms with Crippen molar-refractivity contribution < 1.29 is 13.2 Å². The summed E-state index contributed by atoms with van der Waals surface area (Å²) in [4.78, 5) is 1.33. The zero-order valence-electron chi connectivity index (χ0n) is 6.69. The van der Waals surface area contributed by atoms with E-state index < -0.39 is 12.2 Å². The molecule has 1 saturated heterocycles. The Bertz CT molecular complexity index is 139. The summed E-state index contributed by atoms with van der Waals surface area (Å²) in [6, 6.07) is -1.31. The van der Waals surface area contributed by atoms with Crippen molar-refractivity contribution in [3.8, 4) is 0 Å². The first-order valence-electron chi connectivity index (χ1n) is 3.49. The summed E-state index contributed by atoms with van der Waals surface area (Å²) in [6.45, 7) is 1.12. The zero-order valence-corrected chi connectivity index (χ0v) is 7.50. The Labute approximate surface area is 75.5 Å². The van der Waals surface area contributed by atoms with Gasteiger partial charge in [0.25, 0.3) is 0 Å². The number of piperazine rings is 1. The summed E-state index contributed by atoms with van der Waals surface area (Å²) in [7, 11) is 1.50. The van der Waals surface area contributed by atoms with Gasteiger partial charge in [0.2, 0.25) is 0 Å². The van der Waals surface area contributed by atoms with Crippen molar-refractivity contribution in [2.24, 2.45) is 0 Å². The van der Waals surface area contributed by atoms with Gasteiger partial charge in [-0.1, -0.05) is 0 Å². The van der Waals surface area contributed by atoms with Crippen LogP contribution in [-0.4, -0.2) is 43.8 Å². The highest BCUT2D eigenvalue weighted by Crippen LogP contribution is 2.24. The van der Waals surface area contributed by atoms with Gasteiger partial charge in [0.05, 0.1) is 0 Å². The lowest BCUT2D eigenvalue weighted by atomic mass is 10.2. The normalized spacial score (nSPS) is 26.5. The molecule has 0 bridgehead atoms. The first kappa shape index (κ1) is 12.0. The number of hydrogen-bond acceptors (Lipinski definition) is 2. The fraction of sp³-hybridized carbons (Fsp3) is 1.00. The third kappa shape index (κ3) is 2.80. The van der Waals surface area contributed by atoms with Gasteiger partial charge < -0.3 is 5.32 Å². The molecule has 1 heterocycles. The van der Waals surface area contributed by atoms with Crippen molar-refractivity contribution >= 4 is 12.4 Å². The summed E-state index contributed by atoms with van der Waals surface area (Å²) >= 11 is 0. The molecule has 1 aliphatic rings. The second kappa shape index (κ2) is 4.30. The second-order valence-electron chi connectivity index (χ2n) is 2.74. The molecule has 1 N–H and O–H groups in total. The fourth-order valence-electron chi connectivity index (χ4n) is 1.17. The standard InChI is InChI=1S/C6H11F3N2.ClH/c1-11-3-2-10-4-5(11)6(7,8)9;/h5,10H,2-4H2,1H3;1H. The van der Waals surface area contributed by atoms with E-state index in [-0.39, 0.29) is 19.0 Å². The molecule has 0 radical (unpaired) electrons. The van der Waals surface area contributed by atoms with Gasteiger partial charge in [-0.2, -0.15) is 13.2 Å². The summed E-state index contributed by atoms with van der Waals surface area (Å²) in [6.07, 6.45) is -4.10. The number of hydrogen-bond donors (Lipinski definition) is 1. The second-order valence-corrected chi connectivity index (χ2v) is 2.74. The van der Waals surface area contributed by atoms with Crippen molar-refractivity contribution in [3.05, 3.63) is 0 Å². The maximum absolute atomic E-state index is 12.1. The van der Waals surface area contributed by atoms with E-state index in [1.807, 2.05) is 0 Å². The van der Waals surface area contributed by atoms with Crippen LogP contribution < -0.4 is 5.32 Å². The van der Waals surface area contributed by atoms with Crippen LogP contribution in [0, 0.1) is 0 Å². The van der Waals surface area contributed by atoms with Gasteiger partial charge in [-0.3, -0.25) is 4.90 Å². The molecule has 12 heavy (non-hydrogen) atoms. The van der Waals surface area contributed by atoms with Gasteiger partial charge in [0.1, 0.15) is 6.04 Å². The van der Waals surface area contributed by atoms with E-state index in [1.54, 1.807) is 0 Å². The summed E-state index contributed by atoms with van der Waals surface area (Å²) in [5, 5.41) is 2.71. The Hall–Kier alpha value is -0.0000000000000000555. The molecule has 0 aliphatic carbocycles. The van der Waals surface area contributed by atoms with Crippen molar-refractivity contribution in [2.75, 3.05) is 26.7 Å². The van der Waals surface area contributed by atoms with E-state index in [4.69, 9.17) is 0 Å². The van der Waals surface area contributed by atoms with E-state index >= 15 is 0 Å². The molecule has 1 atom stereocenters. The molecule has 1 fully saturated rings. The predicted octanol–water partition coefficient (Wildman–Crippen LogP) is 0.874. The van der Waals surface area contributed by atoms with Crippen LogP contribution in [0.25, 0.3) is 0 Å². The average molecular weight is 205 g/mol. The van der Waals surface area contributed by atoms with Gasteiger partial charge in [0.15, 0.2) is 0 Å². The van der Waals surface area contributed by atoms with Gasteiger partial charge in [-0.15, -0.1) is 12.4 Å². The minimum atomic E-state index is -4.10. The Morgan fingerprint density at radius 2 is 2.00 bits per heavy atom. The maximum atomic E-state index is 12.1. The lowest BCUT2D eigenvalue weighted by molar-refractivity contribution is -0.183. The molecule has 1 rings (SSSR count). The molecule has 6 heteroatoms. The van der Waals surface area contributed by atoms with Crippen LogP contribution >= 0.6 is 12.4 Å². The summed E-state index contributed by atoms with van der Waals surface area (Å²) < 4.78 is 36.3. The Balaban J connectivity index is 0.00000121.